The fourth-order valence-electron chi connectivity index (χ4n) is 5.05. The van der Waals surface area contributed by atoms with Crippen LogP contribution in [0.3, 0.4) is 0 Å². The van der Waals surface area contributed by atoms with Crippen LogP contribution in [0.15, 0.2) is 48.9 Å². The van der Waals surface area contributed by atoms with Gasteiger partial charge in [0.15, 0.2) is 0 Å². The molecule has 39 heavy (non-hydrogen) atoms. The Morgan fingerprint density at radius 3 is 2.77 bits per heavy atom. The van der Waals surface area contributed by atoms with Crippen molar-refractivity contribution in [3.05, 3.63) is 70.9 Å². The average molecular weight is 545 g/mol. The molecule has 1 saturated heterocycles. The summed E-state index contributed by atoms with van der Waals surface area (Å²) in [7, 11) is 0. The molecule has 4 aromatic heterocycles. The minimum atomic E-state index is -0.351. The first-order valence-corrected chi connectivity index (χ1v) is 13.3. The molecular formula is C27H25ClN8O3. The lowest BCUT2D eigenvalue weighted by molar-refractivity contribution is -0.117. The van der Waals surface area contributed by atoms with Crippen LogP contribution in [0.25, 0.3) is 5.52 Å². The molecule has 0 unspecified atom stereocenters. The zero-order chi connectivity index (χ0) is 26.5. The lowest BCUT2D eigenvalue weighted by atomic mass is 10.1. The Hall–Kier alpha value is -4.25. The molecule has 2 saturated carbocycles. The molecule has 2 N–H and O–H groups in total. The van der Waals surface area contributed by atoms with Crippen molar-refractivity contribution in [3.8, 4) is 0 Å². The molecule has 0 bridgehead atoms. The highest BCUT2D eigenvalue weighted by Crippen LogP contribution is 2.47. The number of carbonyl (C=O) groups is 2. The van der Waals surface area contributed by atoms with Gasteiger partial charge in [-0.25, -0.2) is 19.3 Å². The maximum atomic E-state index is 12.8. The minimum Gasteiger partial charge on any atom is -0.447 e. The highest BCUT2D eigenvalue weighted by molar-refractivity contribution is 6.30. The average Bonchev–Trinajstić information content (AvgIpc) is 3.85. The largest absolute Gasteiger partial charge is 0.447 e. The monoisotopic (exact) mass is 544 g/mol. The van der Waals surface area contributed by atoms with Gasteiger partial charge in [-0.05, 0) is 61.1 Å². The molecule has 3 aliphatic rings. The summed E-state index contributed by atoms with van der Waals surface area (Å²) in [6.07, 6.45) is 5.76. The van der Waals surface area contributed by atoms with Gasteiger partial charge < -0.3 is 15.4 Å². The molecule has 11 nitrogen and oxygen atoms in total. The van der Waals surface area contributed by atoms with Crippen molar-refractivity contribution in [2.75, 3.05) is 28.7 Å². The predicted molar refractivity (Wildman–Crippen MR) is 144 cm³/mol. The second-order valence-electron chi connectivity index (χ2n) is 10.1. The molecule has 3 fully saturated rings. The van der Waals surface area contributed by atoms with Gasteiger partial charge in [-0.1, -0.05) is 11.6 Å². The van der Waals surface area contributed by atoms with Gasteiger partial charge in [0.25, 0.3) is 0 Å². The predicted octanol–water partition coefficient (Wildman–Crippen LogP) is 4.36. The van der Waals surface area contributed by atoms with E-state index < -0.39 is 0 Å². The Morgan fingerprint density at radius 1 is 1.10 bits per heavy atom. The van der Waals surface area contributed by atoms with E-state index in [0.717, 1.165) is 42.0 Å². The standard InChI is InChI=1S/C27H25ClN8O3/c28-17-3-4-29-22(9-17)20-11-21(20)26(37)33-24-12-23(31-14-32-24)30-13-18-10-19-7-16(15-1-2-15)8-25(36(19)34-18)35-5-6-39-27(35)38/h3-4,7-10,12,14-15,20-21H,1-2,5-6,11,13H2,(H2,30,31,32,33,37)/t20-,21-/m0/s1. The van der Waals surface area contributed by atoms with Crippen LogP contribution in [0.4, 0.5) is 22.2 Å². The molecule has 12 heteroatoms. The summed E-state index contributed by atoms with van der Waals surface area (Å²) >= 11 is 6.06. The number of anilines is 3. The van der Waals surface area contributed by atoms with Crippen molar-refractivity contribution < 1.29 is 14.3 Å². The number of fused-ring (bicyclic) bond motifs is 1. The van der Waals surface area contributed by atoms with E-state index in [1.165, 1.54) is 11.9 Å². The molecule has 0 spiro atoms. The molecule has 0 aromatic carbocycles. The van der Waals surface area contributed by atoms with Crippen LogP contribution in [0, 0.1) is 5.92 Å². The fraction of sp³-hybridized carbons (Fsp3) is 0.333. The Kier molecular flexibility index (Phi) is 5.80. The summed E-state index contributed by atoms with van der Waals surface area (Å²) < 4.78 is 6.96. The first-order chi connectivity index (χ1) is 19.0. The van der Waals surface area contributed by atoms with Gasteiger partial charge in [-0.2, -0.15) is 5.10 Å². The van der Waals surface area contributed by atoms with E-state index in [1.54, 1.807) is 33.8 Å². The Morgan fingerprint density at radius 2 is 1.97 bits per heavy atom. The Bertz CT molecular complexity index is 1600. The second kappa shape index (κ2) is 9.49. The smallest absolute Gasteiger partial charge is 0.415 e. The number of nitrogens with one attached hydrogen (secondary N) is 2. The molecule has 4 aromatic rings. The van der Waals surface area contributed by atoms with E-state index in [9.17, 15) is 9.59 Å². The topological polar surface area (TPSA) is 127 Å². The summed E-state index contributed by atoms with van der Waals surface area (Å²) in [4.78, 5) is 39.5. The number of amides is 2. The van der Waals surface area contributed by atoms with Crippen LogP contribution >= 0.6 is 11.6 Å². The van der Waals surface area contributed by atoms with E-state index in [1.807, 2.05) is 12.1 Å². The highest BCUT2D eigenvalue weighted by Gasteiger charge is 2.45. The summed E-state index contributed by atoms with van der Waals surface area (Å²) in [5.41, 5.74) is 3.76. The number of cyclic esters (lactones) is 1. The van der Waals surface area contributed by atoms with Gasteiger partial charge in [-0.15, -0.1) is 0 Å². The maximum absolute atomic E-state index is 12.8. The molecule has 7 rings (SSSR count). The highest BCUT2D eigenvalue weighted by atomic mass is 35.5. The minimum absolute atomic E-state index is 0.0610. The number of halogens is 1. The number of ether oxygens (including phenoxy) is 1. The molecule has 1 aliphatic heterocycles. The van der Waals surface area contributed by atoms with Crippen LogP contribution in [-0.4, -0.2) is 49.7 Å². The van der Waals surface area contributed by atoms with Gasteiger partial charge in [0.05, 0.1) is 24.3 Å². The van der Waals surface area contributed by atoms with Gasteiger partial charge >= 0.3 is 6.09 Å². The van der Waals surface area contributed by atoms with Crippen LogP contribution in [0.1, 0.15) is 48.0 Å². The van der Waals surface area contributed by atoms with E-state index in [-0.39, 0.29) is 23.8 Å². The third kappa shape index (κ3) is 4.85. The lowest BCUT2D eigenvalue weighted by Gasteiger charge is -2.15. The van der Waals surface area contributed by atoms with Gasteiger partial charge in [0, 0.05) is 34.8 Å². The van der Waals surface area contributed by atoms with Crippen molar-refractivity contribution in [2.45, 2.75) is 37.6 Å². The maximum Gasteiger partial charge on any atom is 0.415 e. The Labute approximate surface area is 228 Å². The molecule has 0 radical (unpaired) electrons. The third-order valence-corrected chi connectivity index (χ3v) is 7.56. The summed E-state index contributed by atoms with van der Waals surface area (Å²) in [6, 6.07) is 11.4. The van der Waals surface area contributed by atoms with Crippen LogP contribution < -0.4 is 15.5 Å². The number of rotatable bonds is 8. The summed E-state index contributed by atoms with van der Waals surface area (Å²) in [5.74, 6) is 2.03. The molecular weight excluding hydrogens is 520 g/mol. The summed E-state index contributed by atoms with van der Waals surface area (Å²) in [6.45, 7) is 1.27. The van der Waals surface area contributed by atoms with E-state index in [0.29, 0.717) is 42.3 Å². The van der Waals surface area contributed by atoms with E-state index >= 15 is 0 Å². The van der Waals surface area contributed by atoms with Crippen molar-refractivity contribution >= 4 is 46.6 Å². The normalized spacial score (nSPS) is 20.2. The fourth-order valence-corrected chi connectivity index (χ4v) is 5.21. The number of aromatic nitrogens is 5. The number of pyridine rings is 2. The first kappa shape index (κ1) is 23.8. The third-order valence-electron chi connectivity index (χ3n) is 7.32. The molecule has 198 valence electrons. The van der Waals surface area contributed by atoms with Gasteiger partial charge in [0.1, 0.15) is 30.4 Å². The summed E-state index contributed by atoms with van der Waals surface area (Å²) in [5, 5.41) is 11.5. The Balaban J connectivity index is 1.04. The van der Waals surface area contributed by atoms with E-state index in [2.05, 4.69) is 31.7 Å². The number of hydrogen-bond acceptors (Lipinski definition) is 8. The first-order valence-electron chi connectivity index (χ1n) is 13.0. The number of nitrogens with zero attached hydrogens (tertiary/aromatic N) is 6. The van der Waals surface area contributed by atoms with Crippen molar-refractivity contribution in [3.63, 3.8) is 0 Å². The zero-order valence-electron chi connectivity index (χ0n) is 20.9. The number of carbonyl (C=O) groups excluding carboxylic acids is 2. The van der Waals surface area contributed by atoms with Crippen LogP contribution in [-0.2, 0) is 16.1 Å². The van der Waals surface area contributed by atoms with Crippen molar-refractivity contribution in [2.24, 2.45) is 5.92 Å². The molecule has 2 amide bonds. The quantitative estimate of drug-likeness (QED) is 0.335. The van der Waals surface area contributed by atoms with Crippen molar-refractivity contribution in [1.29, 1.82) is 0 Å². The molecule has 2 atom stereocenters. The van der Waals surface area contributed by atoms with Gasteiger partial charge in [-0.3, -0.25) is 14.7 Å². The molecule has 5 heterocycles. The zero-order valence-corrected chi connectivity index (χ0v) is 21.6. The van der Waals surface area contributed by atoms with Crippen LogP contribution in [0.5, 0.6) is 0 Å². The SMILES string of the molecule is O=C(Nc1cc(NCc2cc3cc(C4CC4)cc(N4CCOC4=O)n3n2)ncn1)[C@H]1C[C@@H]1c1cc(Cl)ccn1. The van der Waals surface area contributed by atoms with E-state index in [4.69, 9.17) is 21.4 Å². The van der Waals surface area contributed by atoms with Gasteiger partial charge in [0.2, 0.25) is 5.91 Å². The van der Waals surface area contributed by atoms with Crippen molar-refractivity contribution in [1.82, 2.24) is 24.6 Å². The lowest BCUT2D eigenvalue weighted by Crippen LogP contribution is -2.26. The van der Waals surface area contributed by atoms with Crippen LogP contribution in [0.2, 0.25) is 5.02 Å². The molecule has 2 aliphatic carbocycles. The second-order valence-corrected chi connectivity index (χ2v) is 10.6. The number of hydrogen-bond donors (Lipinski definition) is 2.